The number of Topliss-reactive ketones (excluding diaryl/α,β-unsaturated/α-hetero) is 1. The molecule has 0 saturated heterocycles. The number of aliphatic hydroxyl groups is 1. The maximum atomic E-state index is 15.1. The average Bonchev–Trinajstić information content (AvgIpc) is 3.69. The normalized spacial score (nSPS) is 36.6. The summed E-state index contributed by atoms with van der Waals surface area (Å²) < 4.78 is 37.6. The first kappa shape index (κ1) is 30.9. The van der Waals surface area contributed by atoms with Crippen molar-refractivity contribution in [3.8, 4) is 5.75 Å². The van der Waals surface area contributed by atoms with E-state index in [-0.39, 0.29) is 47.8 Å². The molecule has 0 unspecified atom stereocenters. The number of benzene rings is 1. The summed E-state index contributed by atoms with van der Waals surface area (Å²) in [5.74, 6) is -1.38. The second-order valence-electron chi connectivity index (χ2n) is 13.8. The molecule has 4 aliphatic rings. The van der Waals surface area contributed by atoms with Gasteiger partial charge in [0.2, 0.25) is 11.8 Å². The molecule has 3 saturated carbocycles. The molecule has 0 radical (unpaired) electrons. The molecule has 2 heterocycles. The smallest absolute Gasteiger partial charge is 0.479 e. The van der Waals surface area contributed by atoms with E-state index in [1.54, 1.807) is 19.1 Å². The molecule has 1 aliphatic heterocycles. The lowest BCUT2D eigenvalue weighted by atomic mass is 9.44. The van der Waals surface area contributed by atoms with Gasteiger partial charge in [-0.3, -0.25) is 4.79 Å². The summed E-state index contributed by atoms with van der Waals surface area (Å²) >= 11 is 0. The first-order valence-electron chi connectivity index (χ1n) is 15.4. The number of aromatic nitrogens is 2. The summed E-state index contributed by atoms with van der Waals surface area (Å²) in [7, 11) is -1.40. The van der Waals surface area contributed by atoms with E-state index in [2.05, 4.69) is 24.0 Å². The lowest BCUT2D eigenvalue weighted by Crippen LogP contribution is -2.63. The molecule has 6 rings (SSSR count). The fraction of sp³-hybridized carbons (Fsp3) is 0.625. The summed E-state index contributed by atoms with van der Waals surface area (Å²) in [4.78, 5) is 27.2. The number of carbonyl (C=O) groups is 2. The summed E-state index contributed by atoms with van der Waals surface area (Å²) in [5.41, 5.74) is -1.53. The van der Waals surface area contributed by atoms with Gasteiger partial charge in [-0.25, -0.2) is 9.18 Å². The third kappa shape index (κ3) is 4.80. The van der Waals surface area contributed by atoms with E-state index in [0.29, 0.717) is 30.2 Å². The highest BCUT2D eigenvalue weighted by Crippen LogP contribution is 2.68. The van der Waals surface area contributed by atoms with Gasteiger partial charge in [-0.1, -0.05) is 39.8 Å². The number of halogens is 1. The van der Waals surface area contributed by atoms with Crippen LogP contribution in [0.2, 0.25) is 0 Å². The van der Waals surface area contributed by atoms with Gasteiger partial charge in [-0.2, -0.15) is 0 Å². The molecule has 12 heteroatoms. The summed E-state index contributed by atoms with van der Waals surface area (Å²) in [6.45, 7) is 9.33. The van der Waals surface area contributed by atoms with Crippen LogP contribution < -0.4 is 10.2 Å². The number of aryl methyl sites for hydroxylation is 1. The van der Waals surface area contributed by atoms with Crippen molar-refractivity contribution in [2.75, 3.05) is 6.61 Å². The molecule has 10 nitrogen and oxygen atoms in total. The van der Waals surface area contributed by atoms with E-state index >= 15 is 4.39 Å². The Labute approximate surface area is 256 Å². The Morgan fingerprint density at radius 3 is 2.75 bits per heavy atom. The number of esters is 1. The van der Waals surface area contributed by atoms with Crippen molar-refractivity contribution in [2.24, 2.45) is 34.0 Å². The Kier molecular flexibility index (Phi) is 7.77. The second-order valence-corrected chi connectivity index (χ2v) is 13.8. The highest BCUT2D eigenvalue weighted by Gasteiger charge is 2.68. The molecule has 2 N–H and O–H groups in total. The zero-order valence-corrected chi connectivity index (χ0v) is 25.8. The molecule has 236 valence electrons. The summed E-state index contributed by atoms with van der Waals surface area (Å²) in [5, 5.41) is 30.0. The van der Waals surface area contributed by atoms with Crippen LogP contribution in [0.3, 0.4) is 0 Å². The van der Waals surface area contributed by atoms with Crippen LogP contribution in [0.15, 0.2) is 22.6 Å². The predicted octanol–water partition coefficient (Wildman–Crippen LogP) is 3.55. The van der Waals surface area contributed by atoms with Gasteiger partial charge in [0, 0.05) is 35.6 Å². The number of aliphatic hydroxyl groups excluding tert-OH is 1. The second kappa shape index (κ2) is 11.1. The molecule has 2 aromatic rings. The zero-order chi connectivity index (χ0) is 31.6. The number of fused-ring (bicyclic) bond motifs is 1. The van der Waals surface area contributed by atoms with Crippen molar-refractivity contribution in [1.29, 1.82) is 0 Å². The van der Waals surface area contributed by atoms with E-state index < -0.39 is 54.0 Å². The quantitative estimate of drug-likeness (QED) is 0.369. The highest BCUT2D eigenvalue weighted by atomic mass is 19.1. The Morgan fingerprint density at radius 1 is 1.25 bits per heavy atom. The highest BCUT2D eigenvalue weighted by molar-refractivity contribution is 6.61. The third-order valence-corrected chi connectivity index (χ3v) is 11.5. The molecule has 44 heavy (non-hydrogen) atoms. The molecule has 0 amide bonds. The first-order chi connectivity index (χ1) is 20.8. The standard InChI is InChI=1S/C32H40BFN2O8/c1-17-8-12-32-13-9-21(37)28(32)31(17,5)23(14-30(4,29(39)18(32)2)11-10-24-36-35-19(3)43-24)44-25(38)16-41-22-7-6-20-15-42-33(40)26(20)27(22)34/h6-7,10-11,17-18,23,28-29,39-40H,8-9,12-16H2,1-5H3/b11-10+/t17-,18-,23+,28-,29-,30+,31-,32-/m0/s1. The lowest BCUT2D eigenvalue weighted by Gasteiger charge is -2.61. The minimum atomic E-state index is -1.40. The van der Waals surface area contributed by atoms with Crippen molar-refractivity contribution < 1.29 is 42.7 Å². The van der Waals surface area contributed by atoms with Crippen LogP contribution in [-0.2, 0) is 25.6 Å². The predicted molar refractivity (Wildman–Crippen MR) is 157 cm³/mol. The zero-order valence-electron chi connectivity index (χ0n) is 25.8. The fourth-order valence-corrected chi connectivity index (χ4v) is 8.80. The van der Waals surface area contributed by atoms with E-state index in [4.69, 9.17) is 18.5 Å². The Balaban J connectivity index is 1.33. The minimum Gasteiger partial charge on any atom is -0.479 e. The molecular formula is C32H40BFN2O8. The Morgan fingerprint density at radius 2 is 2.02 bits per heavy atom. The van der Waals surface area contributed by atoms with Crippen LogP contribution in [0.1, 0.15) is 77.1 Å². The molecule has 2 bridgehead atoms. The number of rotatable bonds is 6. The number of hydrogen-bond donors (Lipinski definition) is 2. The third-order valence-electron chi connectivity index (χ3n) is 11.5. The van der Waals surface area contributed by atoms with E-state index in [1.165, 1.54) is 6.07 Å². The van der Waals surface area contributed by atoms with Crippen molar-refractivity contribution in [3.05, 3.63) is 41.4 Å². The van der Waals surface area contributed by atoms with E-state index in [1.807, 2.05) is 19.9 Å². The van der Waals surface area contributed by atoms with Crippen LogP contribution in [0, 0.1) is 46.7 Å². The van der Waals surface area contributed by atoms with Crippen LogP contribution in [0.25, 0.3) is 6.08 Å². The minimum absolute atomic E-state index is 0.00221. The van der Waals surface area contributed by atoms with E-state index in [9.17, 15) is 19.7 Å². The van der Waals surface area contributed by atoms with Crippen LogP contribution in [-0.4, -0.2) is 58.0 Å². The Bertz CT molecular complexity index is 1500. The van der Waals surface area contributed by atoms with Gasteiger partial charge in [-0.15, -0.1) is 10.2 Å². The fourth-order valence-electron chi connectivity index (χ4n) is 8.80. The largest absolute Gasteiger partial charge is 0.494 e. The number of hydrogen-bond acceptors (Lipinski definition) is 10. The number of ether oxygens (including phenoxy) is 2. The van der Waals surface area contributed by atoms with Crippen LogP contribution in [0.5, 0.6) is 5.75 Å². The van der Waals surface area contributed by atoms with Gasteiger partial charge >= 0.3 is 13.1 Å². The van der Waals surface area contributed by atoms with Gasteiger partial charge in [0.15, 0.2) is 18.2 Å². The molecule has 3 aliphatic carbocycles. The summed E-state index contributed by atoms with van der Waals surface area (Å²) in [6, 6.07) is 2.99. The Hall–Kier alpha value is -3.09. The van der Waals surface area contributed by atoms with Gasteiger partial charge in [-0.05, 0) is 60.6 Å². The number of ketones is 1. The molecule has 8 atom stereocenters. The van der Waals surface area contributed by atoms with Crippen molar-refractivity contribution in [1.82, 2.24) is 10.2 Å². The summed E-state index contributed by atoms with van der Waals surface area (Å²) in [6.07, 6.45) is 4.88. The molecular weight excluding hydrogens is 570 g/mol. The van der Waals surface area contributed by atoms with Gasteiger partial charge in [0.1, 0.15) is 11.9 Å². The molecule has 3 fully saturated rings. The van der Waals surface area contributed by atoms with Crippen LogP contribution >= 0.6 is 0 Å². The van der Waals surface area contributed by atoms with Crippen LogP contribution in [0.4, 0.5) is 4.39 Å². The maximum absolute atomic E-state index is 15.1. The number of nitrogens with zero attached hydrogens (tertiary/aromatic N) is 2. The maximum Gasteiger partial charge on any atom is 0.494 e. The average molecular weight is 610 g/mol. The topological polar surface area (TPSA) is 141 Å². The van der Waals surface area contributed by atoms with Crippen molar-refractivity contribution in [3.63, 3.8) is 0 Å². The van der Waals surface area contributed by atoms with Gasteiger partial charge < -0.3 is 28.7 Å². The van der Waals surface area contributed by atoms with Crippen molar-refractivity contribution >= 4 is 30.4 Å². The number of carbonyl (C=O) groups excluding carboxylic acids is 2. The molecule has 1 aromatic heterocycles. The molecule has 1 aromatic carbocycles. The van der Waals surface area contributed by atoms with Crippen molar-refractivity contribution in [2.45, 2.75) is 85.5 Å². The van der Waals surface area contributed by atoms with Gasteiger partial charge in [0.25, 0.3) is 0 Å². The lowest BCUT2D eigenvalue weighted by molar-refractivity contribution is -0.207. The monoisotopic (exact) mass is 610 g/mol. The SMILES string of the molecule is Cc1nnc(/C=C/[C@]2(C)C[C@@H](OC(=O)COc3ccc4c(c3F)B(O)OC4)[C@@]3(C)[C@@H]4C(=O)CC[C@@]4(CC[C@@H]3C)[C@@H](C)[C@@H]2O)o1. The first-order valence-corrected chi connectivity index (χ1v) is 15.4. The molecule has 0 spiro atoms. The van der Waals surface area contributed by atoms with E-state index in [0.717, 1.165) is 12.8 Å². The van der Waals surface area contributed by atoms with Gasteiger partial charge in [0.05, 0.1) is 12.7 Å².